The molecule has 2 rings (SSSR count). The van der Waals surface area contributed by atoms with Crippen molar-refractivity contribution in [2.24, 2.45) is 11.8 Å². The van der Waals surface area contributed by atoms with E-state index in [1.165, 1.54) is 17.8 Å². The average Bonchev–Trinajstić information content (AvgIpc) is 2.62. The van der Waals surface area contributed by atoms with E-state index in [0.717, 1.165) is 12.8 Å². The molecule has 0 aromatic carbocycles. The molecule has 1 saturated carbocycles. The van der Waals surface area contributed by atoms with Crippen LogP contribution in [0.5, 0.6) is 0 Å². The molecule has 0 radical (unpaired) electrons. The minimum absolute atomic E-state index is 0.0720. The third-order valence-electron chi connectivity index (χ3n) is 3.33. The molecule has 0 amide bonds. The molecule has 102 valence electrons. The van der Waals surface area contributed by atoms with Crippen LogP contribution in [0.1, 0.15) is 33.1 Å². The second-order valence-corrected chi connectivity index (χ2v) is 8.97. The molecule has 1 aliphatic rings. The van der Waals surface area contributed by atoms with Crippen LogP contribution in [0.25, 0.3) is 0 Å². The fourth-order valence-corrected chi connectivity index (χ4v) is 6.40. The maximum atomic E-state index is 12.3. The van der Waals surface area contributed by atoms with E-state index < -0.39 is 10.0 Å². The smallest absolute Gasteiger partial charge is 0.207 e. The summed E-state index contributed by atoms with van der Waals surface area (Å²) < 4.78 is 28.4. The predicted molar refractivity (Wildman–Crippen MR) is 78.3 cm³/mol. The summed E-state index contributed by atoms with van der Waals surface area (Å²) >= 11 is 4.53. The molecule has 2 atom stereocenters. The van der Waals surface area contributed by atoms with Crippen molar-refractivity contribution >= 4 is 37.3 Å². The van der Waals surface area contributed by atoms with Crippen molar-refractivity contribution in [2.75, 3.05) is 0 Å². The highest BCUT2D eigenvalue weighted by molar-refractivity contribution is 9.10. The van der Waals surface area contributed by atoms with Crippen LogP contribution in [0.3, 0.4) is 0 Å². The molecule has 1 aromatic heterocycles. The van der Waals surface area contributed by atoms with Gasteiger partial charge in [0.15, 0.2) is 0 Å². The lowest BCUT2D eigenvalue weighted by Gasteiger charge is -2.31. The minimum Gasteiger partial charge on any atom is -0.207 e. The number of thiophene rings is 1. The largest absolute Gasteiger partial charge is 0.251 e. The molecule has 0 saturated heterocycles. The van der Waals surface area contributed by atoms with Gasteiger partial charge in [0.2, 0.25) is 0 Å². The molecule has 3 nitrogen and oxygen atoms in total. The lowest BCUT2D eigenvalue weighted by Crippen LogP contribution is -2.39. The second-order valence-electron chi connectivity index (χ2n) is 5.29. The molecule has 1 N–H and O–H groups in total. The van der Waals surface area contributed by atoms with Crippen molar-refractivity contribution in [3.63, 3.8) is 0 Å². The van der Waals surface area contributed by atoms with Crippen molar-refractivity contribution in [2.45, 2.75) is 43.4 Å². The predicted octanol–water partition coefficient (Wildman–Crippen LogP) is 3.61. The maximum absolute atomic E-state index is 12.3. The Bertz CT molecular complexity index is 502. The molecule has 1 heterocycles. The van der Waals surface area contributed by atoms with Crippen LogP contribution in [0.15, 0.2) is 20.1 Å². The van der Waals surface area contributed by atoms with Crippen molar-refractivity contribution < 1.29 is 8.42 Å². The first-order valence-electron chi connectivity index (χ1n) is 6.14. The van der Waals surface area contributed by atoms with Gasteiger partial charge in [-0.3, -0.25) is 0 Å². The standard InChI is InChI=1S/C12H18BrNO2S2/c1-8-5-9(2)7-10(6-8)14-18(15,16)12-11(13)3-4-17-12/h3-4,8-10,14H,5-7H2,1-2H3. The van der Waals surface area contributed by atoms with Crippen molar-refractivity contribution in [3.8, 4) is 0 Å². The van der Waals surface area contributed by atoms with Gasteiger partial charge < -0.3 is 0 Å². The summed E-state index contributed by atoms with van der Waals surface area (Å²) in [5, 5.41) is 1.78. The lowest BCUT2D eigenvalue weighted by molar-refractivity contribution is 0.258. The first kappa shape index (κ1) is 14.5. The van der Waals surface area contributed by atoms with Gasteiger partial charge in [-0.2, -0.15) is 0 Å². The Morgan fingerprint density at radius 2 is 1.89 bits per heavy atom. The summed E-state index contributed by atoms with van der Waals surface area (Å²) in [6.45, 7) is 4.38. The first-order valence-corrected chi connectivity index (χ1v) is 9.29. The molecular formula is C12H18BrNO2S2. The highest BCUT2D eigenvalue weighted by Gasteiger charge is 2.29. The van der Waals surface area contributed by atoms with E-state index in [1.54, 1.807) is 11.4 Å². The quantitative estimate of drug-likeness (QED) is 0.903. The monoisotopic (exact) mass is 351 g/mol. The highest BCUT2D eigenvalue weighted by Crippen LogP contribution is 2.31. The first-order chi connectivity index (χ1) is 8.38. The van der Waals surface area contributed by atoms with Crippen LogP contribution >= 0.6 is 27.3 Å². The third kappa shape index (κ3) is 3.35. The van der Waals surface area contributed by atoms with Gasteiger partial charge in [-0.25, -0.2) is 13.1 Å². The van der Waals surface area contributed by atoms with E-state index in [1.807, 2.05) is 0 Å². The number of sulfonamides is 1. The highest BCUT2D eigenvalue weighted by atomic mass is 79.9. The molecule has 0 spiro atoms. The summed E-state index contributed by atoms with van der Waals surface area (Å²) in [7, 11) is -3.37. The number of rotatable bonds is 3. The van der Waals surface area contributed by atoms with Crippen molar-refractivity contribution in [1.82, 2.24) is 4.72 Å². The van der Waals surface area contributed by atoms with E-state index in [-0.39, 0.29) is 6.04 Å². The summed E-state index contributed by atoms with van der Waals surface area (Å²) in [5.41, 5.74) is 0. The zero-order valence-corrected chi connectivity index (χ0v) is 13.7. The molecule has 2 unspecified atom stereocenters. The SMILES string of the molecule is CC1CC(C)CC(NS(=O)(=O)c2sccc2Br)C1. The molecule has 0 aliphatic heterocycles. The van der Waals surface area contributed by atoms with Crippen molar-refractivity contribution in [3.05, 3.63) is 15.9 Å². The summed E-state index contributed by atoms with van der Waals surface area (Å²) in [6.07, 6.45) is 3.07. The van der Waals surface area contributed by atoms with Crippen LogP contribution in [0.4, 0.5) is 0 Å². The summed E-state index contributed by atoms with van der Waals surface area (Å²) in [4.78, 5) is 0. The van der Waals surface area contributed by atoms with Gasteiger partial charge in [-0.15, -0.1) is 11.3 Å². The third-order valence-corrected chi connectivity index (χ3v) is 7.52. The maximum Gasteiger partial charge on any atom is 0.251 e. The van der Waals surface area contributed by atoms with Gasteiger partial charge in [-0.05, 0) is 58.5 Å². The van der Waals surface area contributed by atoms with E-state index in [2.05, 4.69) is 34.5 Å². The number of halogens is 1. The Kier molecular flexibility index (Phi) is 4.52. The molecular weight excluding hydrogens is 334 g/mol. The van der Waals surface area contributed by atoms with Crippen LogP contribution in [0, 0.1) is 11.8 Å². The Hall–Kier alpha value is 0.0900. The number of hydrogen-bond acceptors (Lipinski definition) is 3. The van der Waals surface area contributed by atoms with E-state index in [9.17, 15) is 8.42 Å². The normalized spacial score (nSPS) is 29.4. The van der Waals surface area contributed by atoms with Crippen molar-refractivity contribution in [1.29, 1.82) is 0 Å². The van der Waals surface area contributed by atoms with Gasteiger partial charge in [0.05, 0.1) is 0 Å². The second kappa shape index (κ2) is 5.61. The topological polar surface area (TPSA) is 46.2 Å². The van der Waals surface area contributed by atoms with Gasteiger partial charge in [0, 0.05) is 10.5 Å². The molecule has 18 heavy (non-hydrogen) atoms. The van der Waals surface area contributed by atoms with Gasteiger partial charge in [0.25, 0.3) is 10.0 Å². The van der Waals surface area contributed by atoms with Crippen LogP contribution in [-0.2, 0) is 10.0 Å². The number of hydrogen-bond donors (Lipinski definition) is 1. The molecule has 1 aliphatic carbocycles. The van der Waals surface area contributed by atoms with E-state index >= 15 is 0 Å². The molecule has 0 bridgehead atoms. The van der Waals surface area contributed by atoms with Gasteiger partial charge in [-0.1, -0.05) is 13.8 Å². The average molecular weight is 352 g/mol. The van der Waals surface area contributed by atoms with Crippen LogP contribution in [-0.4, -0.2) is 14.5 Å². The Labute approximate surface area is 121 Å². The lowest BCUT2D eigenvalue weighted by atomic mass is 9.81. The molecule has 1 aromatic rings. The summed E-state index contributed by atoms with van der Waals surface area (Å²) in [5.74, 6) is 1.18. The zero-order chi connectivity index (χ0) is 13.3. The Morgan fingerprint density at radius 1 is 1.28 bits per heavy atom. The number of nitrogens with one attached hydrogen (secondary N) is 1. The zero-order valence-electron chi connectivity index (χ0n) is 10.5. The Balaban J connectivity index is 2.11. The van der Waals surface area contributed by atoms with E-state index in [4.69, 9.17) is 0 Å². The minimum atomic E-state index is -3.37. The summed E-state index contributed by atoms with van der Waals surface area (Å²) in [6, 6.07) is 1.84. The van der Waals surface area contributed by atoms with Gasteiger partial charge >= 0.3 is 0 Å². The van der Waals surface area contributed by atoms with Crippen LogP contribution in [0.2, 0.25) is 0 Å². The Morgan fingerprint density at radius 3 is 2.39 bits per heavy atom. The fourth-order valence-electron chi connectivity index (χ4n) is 2.79. The van der Waals surface area contributed by atoms with Gasteiger partial charge in [0.1, 0.15) is 4.21 Å². The fraction of sp³-hybridized carbons (Fsp3) is 0.667. The molecule has 1 fully saturated rings. The molecule has 6 heteroatoms. The van der Waals surface area contributed by atoms with Crippen LogP contribution < -0.4 is 4.72 Å². The van der Waals surface area contributed by atoms with E-state index in [0.29, 0.717) is 20.5 Å².